The van der Waals surface area contributed by atoms with E-state index in [0.29, 0.717) is 24.0 Å². The molecule has 1 aromatic heterocycles. The van der Waals surface area contributed by atoms with Crippen molar-refractivity contribution in [2.45, 2.75) is 89.4 Å². The van der Waals surface area contributed by atoms with Crippen molar-refractivity contribution in [3.05, 3.63) is 30.1 Å². The first kappa shape index (κ1) is 19.1. The number of nitrogens with zero attached hydrogens (tertiary/aromatic N) is 2. The summed E-state index contributed by atoms with van der Waals surface area (Å²) in [6.45, 7) is 4.61. The Morgan fingerprint density at radius 2 is 1.86 bits per heavy atom. The number of carbonyl (C=O) groups is 1. The van der Waals surface area contributed by atoms with Gasteiger partial charge in [0.2, 0.25) is 5.91 Å². The van der Waals surface area contributed by atoms with Gasteiger partial charge in [0.15, 0.2) is 0 Å². The fraction of sp³-hybridized carbons (Fsp3) is 0.667. The van der Waals surface area contributed by atoms with E-state index >= 15 is 0 Å². The van der Waals surface area contributed by atoms with Crippen LogP contribution in [-0.2, 0) is 4.79 Å². The summed E-state index contributed by atoms with van der Waals surface area (Å²) < 4.78 is 0. The maximum absolute atomic E-state index is 13.3. The monoisotopic (exact) mass is 394 g/mol. The third kappa shape index (κ3) is 3.48. The number of likely N-dealkylation sites (tertiary alicyclic amines) is 1. The average molecular weight is 395 g/mol. The summed E-state index contributed by atoms with van der Waals surface area (Å²) in [5.74, 6) is 1.72. The van der Waals surface area contributed by atoms with Crippen molar-refractivity contribution < 1.29 is 4.79 Å². The summed E-state index contributed by atoms with van der Waals surface area (Å²) in [5, 5.41) is 3.38. The van der Waals surface area contributed by atoms with E-state index in [0.717, 1.165) is 36.1 Å². The lowest BCUT2D eigenvalue weighted by Gasteiger charge is -2.52. The van der Waals surface area contributed by atoms with E-state index in [1.165, 1.54) is 32.1 Å². The van der Waals surface area contributed by atoms with Gasteiger partial charge in [-0.25, -0.2) is 4.98 Å². The van der Waals surface area contributed by atoms with Crippen LogP contribution in [0.5, 0.6) is 0 Å². The number of nitrogens with one attached hydrogen (secondary N) is 2. The fourth-order valence-corrected chi connectivity index (χ4v) is 5.85. The number of aromatic amines is 1. The first-order chi connectivity index (χ1) is 14.1. The van der Waals surface area contributed by atoms with E-state index in [-0.39, 0.29) is 17.9 Å². The molecule has 3 aliphatic rings. The second-order valence-electron chi connectivity index (χ2n) is 9.62. The molecule has 29 heavy (non-hydrogen) atoms. The van der Waals surface area contributed by atoms with Crippen molar-refractivity contribution >= 4 is 16.9 Å². The molecule has 0 spiro atoms. The number of piperidine rings is 1. The molecule has 5 nitrogen and oxygen atoms in total. The van der Waals surface area contributed by atoms with Crippen LogP contribution in [0.2, 0.25) is 0 Å². The largest absolute Gasteiger partial charge is 0.353 e. The van der Waals surface area contributed by atoms with Crippen LogP contribution in [0.15, 0.2) is 24.3 Å². The van der Waals surface area contributed by atoms with Gasteiger partial charge in [0.05, 0.1) is 17.1 Å². The van der Waals surface area contributed by atoms with Crippen molar-refractivity contribution in [3.8, 4) is 0 Å². The summed E-state index contributed by atoms with van der Waals surface area (Å²) in [4.78, 5) is 24.5. The number of H-pyrrole nitrogens is 1. The van der Waals surface area contributed by atoms with E-state index in [1.807, 2.05) is 6.07 Å². The van der Waals surface area contributed by atoms with Crippen molar-refractivity contribution in [2.24, 2.45) is 11.8 Å². The molecule has 3 fully saturated rings. The van der Waals surface area contributed by atoms with Gasteiger partial charge in [-0.2, -0.15) is 0 Å². The highest BCUT2D eigenvalue weighted by molar-refractivity contribution is 5.80. The molecule has 4 atom stereocenters. The molecule has 1 aliphatic heterocycles. The second-order valence-corrected chi connectivity index (χ2v) is 9.62. The van der Waals surface area contributed by atoms with Gasteiger partial charge in [-0.1, -0.05) is 38.3 Å². The number of aromatic nitrogens is 2. The van der Waals surface area contributed by atoms with E-state index in [4.69, 9.17) is 4.98 Å². The van der Waals surface area contributed by atoms with Crippen LogP contribution >= 0.6 is 0 Å². The number of fused-ring (bicyclic) bond motifs is 1. The number of imidazole rings is 1. The summed E-state index contributed by atoms with van der Waals surface area (Å²) in [6.07, 6.45) is 9.50. The van der Waals surface area contributed by atoms with Crippen LogP contribution in [-0.4, -0.2) is 38.9 Å². The van der Waals surface area contributed by atoms with Crippen molar-refractivity contribution in [3.63, 3.8) is 0 Å². The fourth-order valence-electron chi connectivity index (χ4n) is 5.85. The van der Waals surface area contributed by atoms with Gasteiger partial charge in [0, 0.05) is 24.0 Å². The van der Waals surface area contributed by atoms with E-state index in [9.17, 15) is 4.79 Å². The molecule has 0 bridgehead atoms. The number of amides is 1. The molecule has 156 valence electrons. The minimum absolute atomic E-state index is 0.0557. The quantitative estimate of drug-likeness (QED) is 0.799. The number of carbonyl (C=O) groups excluding carboxylic acids is 1. The number of benzene rings is 1. The zero-order valence-electron chi connectivity index (χ0n) is 17.7. The molecule has 5 heteroatoms. The van der Waals surface area contributed by atoms with E-state index in [2.05, 4.69) is 47.2 Å². The van der Waals surface area contributed by atoms with Crippen molar-refractivity contribution in [1.29, 1.82) is 0 Å². The van der Waals surface area contributed by atoms with Crippen LogP contribution < -0.4 is 5.32 Å². The molecule has 2 saturated carbocycles. The smallest absolute Gasteiger partial charge is 0.223 e. The zero-order chi connectivity index (χ0) is 20.0. The Hall–Kier alpha value is -1.88. The number of hydrogen-bond donors (Lipinski definition) is 2. The lowest BCUT2D eigenvalue weighted by molar-refractivity contribution is -0.134. The van der Waals surface area contributed by atoms with E-state index in [1.54, 1.807) is 0 Å². The maximum Gasteiger partial charge on any atom is 0.223 e. The Balaban J connectivity index is 1.44. The Morgan fingerprint density at radius 3 is 2.55 bits per heavy atom. The van der Waals surface area contributed by atoms with Crippen LogP contribution in [0.1, 0.15) is 77.1 Å². The Labute approximate surface area is 173 Å². The van der Waals surface area contributed by atoms with Gasteiger partial charge in [-0.05, 0) is 57.1 Å². The van der Waals surface area contributed by atoms with Gasteiger partial charge < -0.3 is 10.3 Å². The third-order valence-electron chi connectivity index (χ3n) is 7.96. The first-order valence-corrected chi connectivity index (χ1v) is 11.6. The summed E-state index contributed by atoms with van der Waals surface area (Å²) in [7, 11) is 0. The van der Waals surface area contributed by atoms with Crippen LogP contribution in [0.4, 0.5) is 0 Å². The molecule has 1 saturated heterocycles. The highest BCUT2D eigenvalue weighted by Gasteiger charge is 2.47. The number of rotatable bonds is 4. The minimum atomic E-state index is 0.0557. The van der Waals surface area contributed by atoms with Crippen molar-refractivity contribution in [1.82, 2.24) is 20.2 Å². The zero-order valence-corrected chi connectivity index (χ0v) is 17.7. The third-order valence-corrected chi connectivity index (χ3v) is 7.96. The van der Waals surface area contributed by atoms with Gasteiger partial charge in [-0.15, -0.1) is 0 Å². The predicted molar refractivity (Wildman–Crippen MR) is 115 cm³/mol. The standard InChI is InChI=1S/C24H34N4O/c1-15-16(2)28(18-10-7-11-18)22(23-26-20-12-5-6-13-21(20)27-23)14-19(15)24(29)25-17-8-3-4-9-17/h5-6,12-13,15-19,22H,3-4,7-11,14H2,1-2H3,(H,25,29)(H,26,27). The second kappa shape index (κ2) is 7.75. The van der Waals surface area contributed by atoms with Gasteiger partial charge >= 0.3 is 0 Å². The Bertz CT molecular complexity index is 834. The molecular formula is C24H34N4O. The highest BCUT2D eigenvalue weighted by Crippen LogP contribution is 2.45. The Morgan fingerprint density at radius 1 is 1.10 bits per heavy atom. The van der Waals surface area contributed by atoms with Gasteiger partial charge in [0.25, 0.3) is 0 Å². The molecule has 1 amide bonds. The van der Waals surface area contributed by atoms with Gasteiger partial charge in [-0.3, -0.25) is 9.69 Å². The van der Waals surface area contributed by atoms with E-state index < -0.39 is 0 Å². The molecule has 5 rings (SSSR count). The SMILES string of the molecule is CC1C(C(=O)NC2CCCC2)CC(c2nc3ccccc3[nH]2)N(C2CCC2)C1C. The molecule has 2 heterocycles. The molecular weight excluding hydrogens is 360 g/mol. The summed E-state index contributed by atoms with van der Waals surface area (Å²) in [5.41, 5.74) is 2.11. The summed E-state index contributed by atoms with van der Waals surface area (Å²) >= 11 is 0. The molecule has 2 N–H and O–H groups in total. The highest BCUT2D eigenvalue weighted by atomic mass is 16.2. The lowest BCUT2D eigenvalue weighted by atomic mass is 9.74. The minimum Gasteiger partial charge on any atom is -0.353 e. The normalized spacial score (nSPS) is 31.8. The maximum atomic E-state index is 13.3. The van der Waals surface area contributed by atoms with Gasteiger partial charge in [0.1, 0.15) is 5.82 Å². The van der Waals surface area contributed by atoms with Crippen LogP contribution in [0.3, 0.4) is 0 Å². The van der Waals surface area contributed by atoms with Crippen molar-refractivity contribution in [2.75, 3.05) is 0 Å². The molecule has 4 unspecified atom stereocenters. The number of hydrogen-bond acceptors (Lipinski definition) is 3. The Kier molecular flexibility index (Phi) is 5.10. The summed E-state index contributed by atoms with van der Waals surface area (Å²) in [6, 6.07) is 9.85. The lowest BCUT2D eigenvalue weighted by Crippen LogP contribution is -2.57. The topological polar surface area (TPSA) is 61.0 Å². The predicted octanol–water partition coefficient (Wildman–Crippen LogP) is 4.56. The molecule has 1 aromatic carbocycles. The number of para-hydroxylation sites is 2. The average Bonchev–Trinajstić information content (AvgIpc) is 3.33. The molecule has 2 aromatic rings. The van der Waals surface area contributed by atoms with Crippen LogP contribution in [0, 0.1) is 11.8 Å². The first-order valence-electron chi connectivity index (χ1n) is 11.6. The molecule has 2 aliphatic carbocycles. The van der Waals surface area contributed by atoms with Crippen LogP contribution in [0.25, 0.3) is 11.0 Å². The molecule has 0 radical (unpaired) electrons.